The third-order valence-electron chi connectivity index (χ3n) is 3.59. The molecule has 0 aliphatic heterocycles. The van der Waals surface area contributed by atoms with Crippen LogP contribution in [0.1, 0.15) is 10.6 Å². The molecule has 0 aliphatic carbocycles. The fourth-order valence-corrected chi connectivity index (χ4v) is 2.41. The first-order valence-corrected chi connectivity index (χ1v) is 7.39. The minimum Gasteiger partial charge on any atom is -0.383 e. The molecule has 2 aromatic carbocycles. The van der Waals surface area contributed by atoms with E-state index >= 15 is 0 Å². The van der Waals surface area contributed by atoms with E-state index in [1.54, 1.807) is 12.1 Å². The first-order valence-electron chi connectivity index (χ1n) is 7.39. The second-order valence-corrected chi connectivity index (χ2v) is 5.30. The summed E-state index contributed by atoms with van der Waals surface area (Å²) < 4.78 is 0. The van der Waals surface area contributed by atoms with Gasteiger partial charge >= 0.3 is 0 Å². The Hall–Kier alpha value is -3.74. The highest BCUT2D eigenvalue weighted by Gasteiger charge is 2.11. The molecule has 1 aromatic heterocycles. The number of nitrogen functional groups attached to an aromatic ring is 1. The number of benzene rings is 2. The summed E-state index contributed by atoms with van der Waals surface area (Å²) in [7, 11) is 0. The molecule has 124 valence electrons. The normalized spacial score (nSPS) is 10.4. The summed E-state index contributed by atoms with van der Waals surface area (Å²) in [5.74, 6) is -0.959. The molecular weight excluding hydrogens is 318 g/mol. The molecule has 0 aliphatic rings. The van der Waals surface area contributed by atoms with Crippen molar-refractivity contribution in [2.45, 2.75) is 0 Å². The lowest BCUT2D eigenvalue weighted by molar-refractivity contribution is -0.111. The number of hydrogen-bond donors (Lipinski definition) is 3. The Morgan fingerprint density at radius 2 is 1.84 bits per heavy atom. The van der Waals surface area contributed by atoms with Gasteiger partial charge in [0.15, 0.2) is 0 Å². The topological polar surface area (TPSA) is 124 Å². The van der Waals surface area contributed by atoms with E-state index in [0.717, 1.165) is 11.1 Å². The van der Waals surface area contributed by atoms with Crippen LogP contribution < -0.4 is 16.8 Å². The zero-order valence-corrected chi connectivity index (χ0v) is 13.2. The van der Waals surface area contributed by atoms with E-state index < -0.39 is 5.91 Å². The number of nitrogens with two attached hydrogens (primary N) is 2. The van der Waals surface area contributed by atoms with Gasteiger partial charge in [0.25, 0.3) is 5.91 Å². The minimum absolute atomic E-state index is 0.119. The average molecular weight is 333 g/mol. The second kappa shape index (κ2) is 6.40. The zero-order chi connectivity index (χ0) is 18.0. The minimum atomic E-state index is -0.733. The van der Waals surface area contributed by atoms with Gasteiger partial charge in [0.05, 0.1) is 5.52 Å². The van der Waals surface area contributed by atoms with Gasteiger partial charge in [-0.1, -0.05) is 24.8 Å². The Balaban J connectivity index is 2.05. The molecule has 3 aromatic rings. The lowest BCUT2D eigenvalue weighted by atomic mass is 10.0. The lowest BCUT2D eigenvalue weighted by Crippen LogP contribution is -2.16. The van der Waals surface area contributed by atoms with Gasteiger partial charge in [-0.25, -0.2) is 9.97 Å². The van der Waals surface area contributed by atoms with Gasteiger partial charge in [-0.15, -0.1) is 0 Å². The van der Waals surface area contributed by atoms with Crippen LogP contribution in [0.4, 0.5) is 11.5 Å². The maximum Gasteiger partial charge on any atom is 0.286 e. The number of rotatable bonds is 4. The predicted molar refractivity (Wildman–Crippen MR) is 96.7 cm³/mol. The van der Waals surface area contributed by atoms with Gasteiger partial charge < -0.3 is 16.8 Å². The molecule has 5 N–H and O–H groups in total. The Kier molecular flexibility index (Phi) is 4.13. The van der Waals surface area contributed by atoms with E-state index in [1.807, 2.05) is 30.3 Å². The highest BCUT2D eigenvalue weighted by Crippen LogP contribution is 2.28. The molecule has 7 nitrogen and oxygen atoms in total. The Morgan fingerprint density at radius 3 is 2.56 bits per heavy atom. The van der Waals surface area contributed by atoms with Crippen molar-refractivity contribution in [2.75, 3.05) is 11.1 Å². The second-order valence-electron chi connectivity index (χ2n) is 5.30. The third-order valence-corrected chi connectivity index (χ3v) is 3.59. The van der Waals surface area contributed by atoms with Crippen molar-refractivity contribution in [3.05, 3.63) is 60.9 Å². The number of carbonyl (C=O) groups excluding carboxylic acids is 2. The Labute approximate surface area is 143 Å². The van der Waals surface area contributed by atoms with E-state index in [-0.39, 0.29) is 17.5 Å². The smallest absolute Gasteiger partial charge is 0.286 e. The number of nitrogens with one attached hydrogen (secondary N) is 1. The van der Waals surface area contributed by atoms with E-state index in [4.69, 9.17) is 11.5 Å². The number of amides is 2. The molecular formula is C18H15N5O2. The van der Waals surface area contributed by atoms with Crippen molar-refractivity contribution < 1.29 is 9.59 Å². The van der Waals surface area contributed by atoms with E-state index in [0.29, 0.717) is 16.6 Å². The molecule has 0 saturated carbocycles. The zero-order valence-electron chi connectivity index (χ0n) is 13.2. The maximum atomic E-state index is 11.4. The first-order chi connectivity index (χ1) is 12.0. The van der Waals surface area contributed by atoms with Crippen LogP contribution in [-0.4, -0.2) is 21.8 Å². The van der Waals surface area contributed by atoms with Crippen LogP contribution in [0.25, 0.3) is 22.0 Å². The molecule has 3 rings (SSSR count). The number of nitrogens with zero attached hydrogens (tertiary/aromatic N) is 2. The van der Waals surface area contributed by atoms with Crippen LogP contribution in [0.5, 0.6) is 0 Å². The molecule has 0 spiro atoms. The molecule has 25 heavy (non-hydrogen) atoms. The van der Waals surface area contributed by atoms with Crippen LogP contribution in [0, 0.1) is 0 Å². The van der Waals surface area contributed by atoms with Crippen molar-refractivity contribution in [2.24, 2.45) is 5.73 Å². The van der Waals surface area contributed by atoms with Crippen LogP contribution >= 0.6 is 0 Å². The van der Waals surface area contributed by atoms with Gasteiger partial charge in [-0.2, -0.15) is 0 Å². The van der Waals surface area contributed by atoms with E-state index in [2.05, 4.69) is 21.9 Å². The molecule has 0 fully saturated rings. The van der Waals surface area contributed by atoms with Crippen LogP contribution in [0.3, 0.4) is 0 Å². The van der Waals surface area contributed by atoms with E-state index in [1.165, 1.54) is 6.08 Å². The van der Waals surface area contributed by atoms with E-state index in [9.17, 15) is 9.59 Å². The molecule has 0 bridgehead atoms. The predicted octanol–water partition coefficient (Wildman–Crippen LogP) is 2.10. The Morgan fingerprint density at radius 1 is 1.08 bits per heavy atom. The monoisotopic (exact) mass is 333 g/mol. The fraction of sp³-hybridized carbons (Fsp3) is 0. The molecule has 2 amide bonds. The number of hydrogen-bond acceptors (Lipinski definition) is 5. The summed E-state index contributed by atoms with van der Waals surface area (Å²) in [4.78, 5) is 30.7. The number of carbonyl (C=O) groups is 2. The van der Waals surface area contributed by atoms with Crippen molar-refractivity contribution in [3.8, 4) is 11.1 Å². The molecule has 0 saturated heterocycles. The van der Waals surface area contributed by atoms with Crippen molar-refractivity contribution >= 4 is 34.2 Å². The van der Waals surface area contributed by atoms with Gasteiger partial charge in [0.2, 0.25) is 11.7 Å². The highest BCUT2D eigenvalue weighted by molar-refractivity contribution is 6.00. The van der Waals surface area contributed by atoms with Crippen molar-refractivity contribution in [3.63, 3.8) is 0 Å². The van der Waals surface area contributed by atoms with Crippen LogP contribution in [0.2, 0.25) is 0 Å². The number of primary amides is 1. The van der Waals surface area contributed by atoms with Gasteiger partial charge in [0.1, 0.15) is 5.82 Å². The summed E-state index contributed by atoms with van der Waals surface area (Å²) >= 11 is 0. The maximum absolute atomic E-state index is 11.4. The lowest BCUT2D eigenvalue weighted by Gasteiger charge is -2.08. The summed E-state index contributed by atoms with van der Waals surface area (Å²) in [5, 5.41) is 3.33. The van der Waals surface area contributed by atoms with Gasteiger partial charge in [-0.3, -0.25) is 9.59 Å². The van der Waals surface area contributed by atoms with Crippen LogP contribution in [-0.2, 0) is 4.79 Å². The molecule has 0 unspecified atom stereocenters. The Bertz CT molecular complexity index is 1010. The standard InChI is InChI=1S/C18H15N5O2/c1-2-15(24)21-12-5-3-4-10(8-12)11-6-7-14-13(9-11)16(19)23-18(22-14)17(20)25/h2-9H,1H2,(H2,20,25)(H,21,24)(H2,19,22,23). The number of aromatic nitrogens is 2. The molecule has 1 heterocycles. The number of anilines is 2. The van der Waals surface area contributed by atoms with Crippen molar-refractivity contribution in [1.29, 1.82) is 0 Å². The quantitative estimate of drug-likeness (QED) is 0.631. The fourth-order valence-electron chi connectivity index (χ4n) is 2.41. The average Bonchev–Trinajstić information content (AvgIpc) is 2.61. The van der Waals surface area contributed by atoms with Crippen molar-refractivity contribution in [1.82, 2.24) is 9.97 Å². The summed E-state index contributed by atoms with van der Waals surface area (Å²) in [5.41, 5.74) is 14.0. The number of fused-ring (bicyclic) bond motifs is 1. The summed E-state index contributed by atoms with van der Waals surface area (Å²) in [6, 6.07) is 12.7. The highest BCUT2D eigenvalue weighted by atomic mass is 16.2. The summed E-state index contributed by atoms with van der Waals surface area (Å²) in [6.45, 7) is 3.43. The summed E-state index contributed by atoms with van der Waals surface area (Å²) in [6.07, 6.45) is 1.21. The third kappa shape index (κ3) is 3.30. The first kappa shape index (κ1) is 16.1. The van der Waals surface area contributed by atoms with Gasteiger partial charge in [0, 0.05) is 11.1 Å². The van der Waals surface area contributed by atoms with Gasteiger partial charge in [-0.05, 0) is 41.5 Å². The largest absolute Gasteiger partial charge is 0.383 e. The SMILES string of the molecule is C=CC(=O)Nc1cccc(-c2ccc3nc(C(N)=O)nc(N)c3c2)c1. The molecule has 0 atom stereocenters. The molecule has 0 radical (unpaired) electrons. The molecule has 7 heteroatoms. The van der Waals surface area contributed by atoms with Crippen LogP contribution in [0.15, 0.2) is 55.1 Å².